The van der Waals surface area contributed by atoms with Crippen LogP contribution in [0, 0.1) is 0 Å². The lowest BCUT2D eigenvalue weighted by molar-refractivity contribution is -0.151. The molecular weight excluding hydrogens is 297 g/mol. The van der Waals surface area contributed by atoms with E-state index in [9.17, 15) is 22.8 Å². The second-order valence-corrected chi connectivity index (χ2v) is 3.56. The maximum absolute atomic E-state index is 12.6. The number of hydrogen-bond donors (Lipinski definition) is 0. The van der Waals surface area contributed by atoms with Gasteiger partial charge in [-0.1, -0.05) is 0 Å². The number of halogens is 3. The Balaban J connectivity index is 2.91. The van der Waals surface area contributed by atoms with E-state index < -0.39 is 30.3 Å². The van der Waals surface area contributed by atoms with Crippen molar-refractivity contribution in [1.29, 1.82) is 0 Å². The minimum absolute atomic E-state index is 0.00799. The molecule has 8 nitrogen and oxygen atoms in total. The first kappa shape index (κ1) is 16.6. The fraction of sp³-hybridized carbons (Fsp3) is 0.500. The molecule has 0 aromatic carbocycles. The summed E-state index contributed by atoms with van der Waals surface area (Å²) in [5, 5.41) is 8.89. The topological polar surface area (TPSA) is 96.2 Å². The molecular formula is C10H11F3N4O4. The molecule has 0 aliphatic carbocycles. The Morgan fingerprint density at radius 3 is 2.57 bits per heavy atom. The molecule has 116 valence electrons. The first-order chi connectivity index (χ1) is 9.79. The highest BCUT2D eigenvalue weighted by molar-refractivity contribution is 6.38. The van der Waals surface area contributed by atoms with E-state index in [2.05, 4.69) is 20.3 Å². The number of ketones is 1. The van der Waals surface area contributed by atoms with Gasteiger partial charge in [-0.25, -0.2) is 9.48 Å². The van der Waals surface area contributed by atoms with Crippen LogP contribution in [0.5, 0.6) is 0 Å². The zero-order valence-electron chi connectivity index (χ0n) is 11.0. The lowest BCUT2D eigenvalue weighted by Gasteiger charge is -2.09. The molecule has 21 heavy (non-hydrogen) atoms. The van der Waals surface area contributed by atoms with Gasteiger partial charge in [-0.2, -0.15) is 13.2 Å². The molecule has 1 aromatic heterocycles. The average Bonchev–Trinajstić information content (AvgIpc) is 2.86. The fourth-order valence-corrected chi connectivity index (χ4v) is 1.24. The van der Waals surface area contributed by atoms with Crippen LogP contribution in [0.2, 0.25) is 0 Å². The van der Waals surface area contributed by atoms with Crippen molar-refractivity contribution in [2.75, 3.05) is 13.7 Å². The van der Waals surface area contributed by atoms with Crippen molar-refractivity contribution in [2.24, 2.45) is 0 Å². The van der Waals surface area contributed by atoms with Gasteiger partial charge < -0.3 is 9.47 Å². The molecule has 1 rings (SSSR count). The van der Waals surface area contributed by atoms with Gasteiger partial charge in [-0.3, -0.25) is 4.79 Å². The van der Waals surface area contributed by atoms with Crippen molar-refractivity contribution < 1.29 is 32.2 Å². The summed E-state index contributed by atoms with van der Waals surface area (Å²) >= 11 is 0. The number of carbonyl (C=O) groups is 2. The predicted molar refractivity (Wildman–Crippen MR) is 59.6 cm³/mol. The molecule has 11 heteroatoms. The van der Waals surface area contributed by atoms with Gasteiger partial charge in [0.1, 0.15) is 12.3 Å². The van der Waals surface area contributed by atoms with Gasteiger partial charge in [0.2, 0.25) is 0 Å². The van der Waals surface area contributed by atoms with Crippen molar-refractivity contribution in [3.8, 4) is 0 Å². The van der Waals surface area contributed by atoms with E-state index in [4.69, 9.17) is 4.74 Å². The number of hydrogen-bond acceptors (Lipinski definition) is 7. The molecule has 0 bridgehead atoms. The Morgan fingerprint density at radius 1 is 1.38 bits per heavy atom. The summed E-state index contributed by atoms with van der Waals surface area (Å²) in [6.45, 7) is 0.929. The number of aromatic nitrogens is 4. The van der Waals surface area contributed by atoms with E-state index in [-0.39, 0.29) is 12.4 Å². The van der Waals surface area contributed by atoms with Gasteiger partial charge in [0.25, 0.3) is 11.6 Å². The first-order valence-corrected chi connectivity index (χ1v) is 5.58. The Hall–Kier alpha value is -2.46. The zero-order chi connectivity index (χ0) is 16.0. The SMILES string of the molecule is CCOC(=O)C(=O)/C=C(/Cn1nnnc1C(F)(F)F)OC. The number of tetrazole rings is 1. The van der Waals surface area contributed by atoms with Crippen molar-refractivity contribution in [2.45, 2.75) is 19.6 Å². The van der Waals surface area contributed by atoms with Crippen LogP contribution in [0.3, 0.4) is 0 Å². The minimum atomic E-state index is -4.76. The number of esters is 1. The number of alkyl halides is 3. The molecule has 0 aliphatic rings. The van der Waals surface area contributed by atoms with Crippen LogP contribution in [0.4, 0.5) is 13.2 Å². The first-order valence-electron chi connectivity index (χ1n) is 5.58. The number of methoxy groups -OCH3 is 1. The fourth-order valence-electron chi connectivity index (χ4n) is 1.24. The zero-order valence-corrected chi connectivity index (χ0v) is 11.0. The standard InChI is InChI=1S/C10H11F3N4O4/c1-3-21-8(19)7(18)4-6(20-2)5-17-9(10(11,12)13)14-15-16-17/h4H,3,5H2,1-2H3/b6-4-. The van der Waals surface area contributed by atoms with E-state index in [0.29, 0.717) is 4.68 Å². The normalized spacial score (nSPS) is 12.1. The average molecular weight is 308 g/mol. The highest BCUT2D eigenvalue weighted by atomic mass is 19.4. The van der Waals surface area contributed by atoms with E-state index in [1.54, 1.807) is 0 Å². The largest absolute Gasteiger partial charge is 0.499 e. The number of nitrogens with zero attached hydrogens (tertiary/aromatic N) is 4. The number of carbonyl (C=O) groups excluding carboxylic acids is 2. The van der Waals surface area contributed by atoms with Gasteiger partial charge in [0.15, 0.2) is 0 Å². The summed E-state index contributed by atoms with van der Waals surface area (Å²) in [5.74, 6) is -3.78. The predicted octanol–water partition coefficient (Wildman–Crippen LogP) is 0.354. The summed E-state index contributed by atoms with van der Waals surface area (Å²) in [4.78, 5) is 22.5. The summed E-state index contributed by atoms with van der Waals surface area (Å²) in [6.07, 6.45) is -4.03. The summed E-state index contributed by atoms with van der Waals surface area (Å²) in [7, 11) is 1.13. The number of ether oxygens (including phenoxy) is 2. The van der Waals surface area contributed by atoms with Crippen molar-refractivity contribution in [3.63, 3.8) is 0 Å². The number of rotatable bonds is 6. The molecule has 0 saturated heterocycles. The third kappa shape index (κ3) is 4.54. The number of allylic oxidation sites excluding steroid dienone is 1. The summed E-state index contributed by atoms with van der Waals surface area (Å²) in [5.41, 5.74) is 0. The lowest BCUT2D eigenvalue weighted by Crippen LogP contribution is -2.19. The van der Waals surface area contributed by atoms with Crippen molar-refractivity contribution in [1.82, 2.24) is 20.2 Å². The molecule has 0 N–H and O–H groups in total. The Labute approximate surface area is 116 Å². The minimum Gasteiger partial charge on any atom is -0.499 e. The summed E-state index contributed by atoms with van der Waals surface area (Å²) < 4.78 is 47.3. The Morgan fingerprint density at radius 2 is 2.05 bits per heavy atom. The maximum Gasteiger partial charge on any atom is 0.453 e. The van der Waals surface area contributed by atoms with Crippen LogP contribution < -0.4 is 0 Å². The van der Waals surface area contributed by atoms with E-state index in [0.717, 1.165) is 13.2 Å². The van der Waals surface area contributed by atoms with E-state index in [1.165, 1.54) is 6.92 Å². The van der Waals surface area contributed by atoms with Crippen LogP contribution in [-0.2, 0) is 31.8 Å². The summed E-state index contributed by atoms with van der Waals surface area (Å²) in [6, 6.07) is 0. The highest BCUT2D eigenvalue weighted by Crippen LogP contribution is 2.26. The third-order valence-electron chi connectivity index (χ3n) is 2.12. The molecule has 0 amide bonds. The van der Waals surface area contributed by atoms with Crippen molar-refractivity contribution in [3.05, 3.63) is 17.7 Å². The van der Waals surface area contributed by atoms with Gasteiger partial charge in [0, 0.05) is 6.08 Å². The Kier molecular flexibility index (Phi) is 5.38. The molecule has 0 aliphatic heterocycles. The quantitative estimate of drug-likeness (QED) is 0.324. The smallest absolute Gasteiger partial charge is 0.453 e. The van der Waals surface area contributed by atoms with Crippen LogP contribution in [-0.4, -0.2) is 45.7 Å². The molecule has 0 radical (unpaired) electrons. The van der Waals surface area contributed by atoms with Crippen LogP contribution in [0.15, 0.2) is 11.8 Å². The lowest BCUT2D eigenvalue weighted by atomic mass is 10.3. The second-order valence-electron chi connectivity index (χ2n) is 3.56. The van der Waals surface area contributed by atoms with E-state index in [1.807, 2.05) is 0 Å². The van der Waals surface area contributed by atoms with Gasteiger partial charge in [-0.05, 0) is 17.4 Å². The third-order valence-corrected chi connectivity index (χ3v) is 2.12. The highest BCUT2D eigenvalue weighted by Gasteiger charge is 2.38. The Bertz CT molecular complexity index is 553. The van der Waals surface area contributed by atoms with Crippen LogP contribution in [0.25, 0.3) is 0 Å². The van der Waals surface area contributed by atoms with Gasteiger partial charge >= 0.3 is 12.1 Å². The van der Waals surface area contributed by atoms with Crippen molar-refractivity contribution >= 4 is 11.8 Å². The van der Waals surface area contributed by atoms with Gasteiger partial charge in [0.05, 0.1) is 13.7 Å². The molecule has 0 saturated carbocycles. The molecule has 1 heterocycles. The van der Waals surface area contributed by atoms with E-state index >= 15 is 0 Å². The molecule has 0 spiro atoms. The molecule has 0 atom stereocenters. The molecule has 0 fully saturated rings. The molecule has 1 aromatic rings. The van der Waals surface area contributed by atoms with Gasteiger partial charge in [-0.15, -0.1) is 5.10 Å². The van der Waals surface area contributed by atoms with Crippen LogP contribution >= 0.6 is 0 Å². The van der Waals surface area contributed by atoms with Crippen LogP contribution in [0.1, 0.15) is 12.7 Å². The monoisotopic (exact) mass is 308 g/mol. The second kappa shape index (κ2) is 6.81. The molecule has 0 unspecified atom stereocenters. The maximum atomic E-state index is 12.6.